The lowest BCUT2D eigenvalue weighted by Gasteiger charge is -2.53. The Morgan fingerprint density at radius 2 is 1.58 bits per heavy atom. The first kappa shape index (κ1) is 22.8. The highest BCUT2D eigenvalue weighted by atomic mass is 19.4. The van der Waals surface area contributed by atoms with Gasteiger partial charge >= 0.3 is 18.3 Å². The number of carbonyl (C=O) groups is 1. The van der Waals surface area contributed by atoms with Crippen LogP contribution < -0.4 is 0 Å². The summed E-state index contributed by atoms with van der Waals surface area (Å²) in [5, 5.41) is 9.60. The highest BCUT2D eigenvalue weighted by Crippen LogP contribution is 2.54. The second kappa shape index (κ2) is 6.70. The summed E-state index contributed by atoms with van der Waals surface area (Å²) < 4.78 is 88.8. The van der Waals surface area contributed by atoms with Crippen molar-refractivity contribution >= 4 is 5.97 Å². The summed E-state index contributed by atoms with van der Waals surface area (Å²) >= 11 is 0. The predicted octanol–water partition coefficient (Wildman–Crippen LogP) is 4.07. The molecule has 0 atom stereocenters. The van der Waals surface area contributed by atoms with E-state index in [0.717, 1.165) is 0 Å². The van der Waals surface area contributed by atoms with Crippen LogP contribution in [0.25, 0.3) is 0 Å². The van der Waals surface area contributed by atoms with Gasteiger partial charge in [0.05, 0.1) is 5.60 Å². The standard InChI is InChI=1S/C16H22F6O4/c1-6-13(7-10(8-13)25-11(23)9(2)3)26-12(4,5)14(24,15(17,18)19)16(20,21)22/h10,24H,2,6-8H2,1,3-5H3. The number of esters is 1. The van der Waals surface area contributed by atoms with Crippen LogP contribution >= 0.6 is 0 Å². The highest BCUT2D eigenvalue weighted by Gasteiger charge is 2.78. The molecule has 0 unspecified atom stereocenters. The molecule has 26 heavy (non-hydrogen) atoms. The van der Waals surface area contributed by atoms with Crippen molar-refractivity contribution in [3.8, 4) is 0 Å². The van der Waals surface area contributed by atoms with E-state index in [9.17, 15) is 36.2 Å². The molecule has 4 nitrogen and oxygen atoms in total. The molecule has 0 aromatic heterocycles. The lowest BCUT2D eigenvalue weighted by molar-refractivity contribution is -0.425. The summed E-state index contributed by atoms with van der Waals surface area (Å²) in [7, 11) is 0. The zero-order chi connectivity index (χ0) is 20.8. The van der Waals surface area contributed by atoms with E-state index in [4.69, 9.17) is 9.47 Å². The molecule has 1 N–H and O–H groups in total. The topological polar surface area (TPSA) is 55.8 Å². The number of rotatable bonds is 6. The maximum atomic E-state index is 13.1. The number of hydrogen-bond acceptors (Lipinski definition) is 4. The SMILES string of the molecule is C=C(C)C(=O)OC1CC(CC)(OC(C)(C)C(O)(C(F)(F)F)C(F)(F)F)C1. The number of ether oxygens (including phenoxy) is 2. The van der Waals surface area contributed by atoms with Crippen LogP contribution in [0, 0.1) is 0 Å². The molecule has 1 aliphatic carbocycles. The zero-order valence-electron chi connectivity index (χ0n) is 14.8. The van der Waals surface area contributed by atoms with Gasteiger partial charge in [-0.15, -0.1) is 0 Å². The molecule has 152 valence electrons. The van der Waals surface area contributed by atoms with E-state index >= 15 is 0 Å². The smallest absolute Gasteiger partial charge is 0.429 e. The van der Waals surface area contributed by atoms with Crippen LogP contribution in [-0.2, 0) is 14.3 Å². The van der Waals surface area contributed by atoms with Gasteiger partial charge in [0.2, 0.25) is 0 Å². The quantitative estimate of drug-likeness (QED) is 0.421. The van der Waals surface area contributed by atoms with E-state index in [2.05, 4.69) is 6.58 Å². The fraction of sp³-hybridized carbons (Fsp3) is 0.812. The summed E-state index contributed by atoms with van der Waals surface area (Å²) in [6, 6.07) is 0. The lowest BCUT2D eigenvalue weighted by atomic mass is 9.73. The van der Waals surface area contributed by atoms with Gasteiger partial charge in [0.25, 0.3) is 5.60 Å². The maximum Gasteiger partial charge on any atom is 0.429 e. The fourth-order valence-corrected chi connectivity index (χ4v) is 3.01. The summed E-state index contributed by atoms with van der Waals surface area (Å²) in [6.07, 6.45) is -12.8. The average Bonchev–Trinajstić information content (AvgIpc) is 2.40. The summed E-state index contributed by atoms with van der Waals surface area (Å²) in [4.78, 5) is 11.5. The molecule has 1 saturated carbocycles. The summed E-state index contributed by atoms with van der Waals surface area (Å²) in [5.74, 6) is -0.707. The Bertz CT molecular complexity index is 544. The van der Waals surface area contributed by atoms with E-state index in [0.29, 0.717) is 13.8 Å². The van der Waals surface area contributed by atoms with Gasteiger partial charge in [-0.25, -0.2) is 4.79 Å². The first-order valence-corrected chi connectivity index (χ1v) is 7.85. The number of aliphatic hydroxyl groups is 1. The molecular formula is C16H22F6O4. The maximum absolute atomic E-state index is 13.1. The molecule has 0 heterocycles. The molecule has 1 aliphatic rings. The van der Waals surface area contributed by atoms with Crippen LogP contribution in [0.3, 0.4) is 0 Å². The van der Waals surface area contributed by atoms with Crippen molar-refractivity contribution in [2.75, 3.05) is 0 Å². The van der Waals surface area contributed by atoms with Gasteiger partial charge in [-0.3, -0.25) is 0 Å². The highest BCUT2D eigenvalue weighted by molar-refractivity contribution is 5.87. The van der Waals surface area contributed by atoms with E-state index in [-0.39, 0.29) is 24.8 Å². The summed E-state index contributed by atoms with van der Waals surface area (Å²) in [6.45, 7) is 7.38. The molecule has 10 heteroatoms. The van der Waals surface area contributed by atoms with Crippen molar-refractivity contribution in [3.63, 3.8) is 0 Å². The third-order valence-electron chi connectivity index (χ3n) is 4.63. The van der Waals surface area contributed by atoms with Crippen LogP contribution in [0.5, 0.6) is 0 Å². The second-order valence-electron chi connectivity index (χ2n) is 7.07. The van der Waals surface area contributed by atoms with Crippen molar-refractivity contribution < 1.29 is 45.7 Å². The van der Waals surface area contributed by atoms with Gasteiger partial charge in [0, 0.05) is 18.4 Å². The largest absolute Gasteiger partial charge is 0.459 e. The molecule has 1 rings (SSSR count). The Labute approximate surface area is 147 Å². The van der Waals surface area contributed by atoms with E-state index < -0.39 is 41.2 Å². The molecule has 0 aromatic rings. The van der Waals surface area contributed by atoms with Crippen molar-refractivity contribution in [2.45, 2.75) is 82.2 Å². The number of alkyl halides is 6. The van der Waals surface area contributed by atoms with Crippen LogP contribution in [0.2, 0.25) is 0 Å². The Morgan fingerprint density at radius 3 is 1.88 bits per heavy atom. The zero-order valence-corrected chi connectivity index (χ0v) is 14.8. The van der Waals surface area contributed by atoms with Gasteiger partial charge in [-0.1, -0.05) is 13.5 Å². The molecule has 0 aliphatic heterocycles. The molecule has 0 bridgehead atoms. The van der Waals surface area contributed by atoms with Gasteiger partial charge in [-0.05, 0) is 27.2 Å². The molecule has 0 aromatic carbocycles. The first-order valence-electron chi connectivity index (χ1n) is 7.85. The monoisotopic (exact) mass is 392 g/mol. The Balaban J connectivity index is 3.03. The second-order valence-corrected chi connectivity index (χ2v) is 7.07. The van der Waals surface area contributed by atoms with Crippen LogP contribution in [0.15, 0.2) is 12.2 Å². The molecule has 0 saturated heterocycles. The Hall–Kier alpha value is -1.29. The fourth-order valence-electron chi connectivity index (χ4n) is 3.01. The number of carbonyl (C=O) groups excluding carboxylic acids is 1. The van der Waals surface area contributed by atoms with Crippen LogP contribution in [-0.4, -0.2) is 46.3 Å². The lowest BCUT2D eigenvalue weighted by Crippen LogP contribution is -2.72. The third-order valence-corrected chi connectivity index (χ3v) is 4.63. The molecular weight excluding hydrogens is 370 g/mol. The minimum atomic E-state index is -6.00. The first-order chi connectivity index (χ1) is 11.4. The summed E-state index contributed by atoms with van der Waals surface area (Å²) in [5.41, 5.74) is -9.35. The van der Waals surface area contributed by atoms with Crippen molar-refractivity contribution in [3.05, 3.63) is 12.2 Å². The molecule has 0 radical (unpaired) electrons. The van der Waals surface area contributed by atoms with Gasteiger partial charge in [-0.2, -0.15) is 26.3 Å². The molecule has 1 fully saturated rings. The third kappa shape index (κ3) is 3.85. The van der Waals surface area contributed by atoms with Crippen molar-refractivity contribution in [1.82, 2.24) is 0 Å². The van der Waals surface area contributed by atoms with E-state index in [1.165, 1.54) is 13.8 Å². The average molecular weight is 392 g/mol. The number of hydrogen-bond donors (Lipinski definition) is 1. The van der Waals surface area contributed by atoms with E-state index in [1.807, 2.05) is 0 Å². The van der Waals surface area contributed by atoms with Crippen molar-refractivity contribution in [2.24, 2.45) is 0 Å². The van der Waals surface area contributed by atoms with E-state index in [1.54, 1.807) is 0 Å². The Morgan fingerprint density at radius 1 is 1.15 bits per heavy atom. The predicted molar refractivity (Wildman–Crippen MR) is 79.2 cm³/mol. The minimum absolute atomic E-state index is 0.0728. The van der Waals surface area contributed by atoms with Crippen LogP contribution in [0.4, 0.5) is 26.3 Å². The van der Waals surface area contributed by atoms with Gasteiger partial charge in [0.15, 0.2) is 0 Å². The Kier molecular flexibility index (Phi) is 5.87. The normalized spacial score (nSPS) is 24.8. The molecule has 0 amide bonds. The number of halogens is 6. The minimum Gasteiger partial charge on any atom is -0.459 e. The van der Waals surface area contributed by atoms with Crippen LogP contribution in [0.1, 0.15) is 47.0 Å². The van der Waals surface area contributed by atoms with Crippen molar-refractivity contribution in [1.29, 1.82) is 0 Å². The molecule has 0 spiro atoms. The van der Waals surface area contributed by atoms with Gasteiger partial charge < -0.3 is 14.6 Å². The van der Waals surface area contributed by atoms with Gasteiger partial charge in [0.1, 0.15) is 11.7 Å².